The van der Waals surface area contributed by atoms with Gasteiger partial charge in [0.1, 0.15) is 0 Å². The van der Waals surface area contributed by atoms with Gasteiger partial charge in [0.25, 0.3) is 0 Å². The van der Waals surface area contributed by atoms with Crippen LogP contribution in [0.15, 0.2) is 36.7 Å². The van der Waals surface area contributed by atoms with Crippen molar-refractivity contribution in [2.45, 2.75) is 26.3 Å². The normalized spacial score (nSPS) is 13.6. The molecule has 1 aromatic carbocycles. The van der Waals surface area contributed by atoms with Crippen LogP contribution in [0.3, 0.4) is 0 Å². The molecule has 20 heavy (non-hydrogen) atoms. The van der Waals surface area contributed by atoms with Gasteiger partial charge in [-0.15, -0.1) is 0 Å². The molecule has 2 rings (SSSR count). The predicted molar refractivity (Wildman–Crippen MR) is 78.1 cm³/mol. The molecule has 5 nitrogen and oxygen atoms in total. The molecule has 1 amide bonds. The first-order chi connectivity index (χ1) is 9.45. The third-order valence-corrected chi connectivity index (χ3v) is 3.38. The maximum absolute atomic E-state index is 12.0. The first-order valence-corrected chi connectivity index (χ1v) is 6.37. The molecule has 0 fully saturated rings. The van der Waals surface area contributed by atoms with Crippen LogP contribution in [0.2, 0.25) is 0 Å². The lowest BCUT2D eigenvalue weighted by Gasteiger charge is -2.29. The Hall–Kier alpha value is -2.43. The molecule has 0 radical (unpaired) electrons. The molecule has 0 aliphatic carbocycles. The van der Waals surface area contributed by atoms with Gasteiger partial charge in [-0.05, 0) is 32.4 Å². The van der Waals surface area contributed by atoms with Crippen molar-refractivity contribution in [3.8, 4) is 0 Å². The summed E-state index contributed by atoms with van der Waals surface area (Å²) >= 11 is 0. The number of nitrogens with two attached hydrogens (primary N) is 1. The Bertz CT molecular complexity index is 641. The fourth-order valence-corrected chi connectivity index (χ4v) is 2.12. The van der Waals surface area contributed by atoms with E-state index in [4.69, 9.17) is 5.73 Å². The van der Waals surface area contributed by atoms with E-state index in [1.54, 1.807) is 19.3 Å². The van der Waals surface area contributed by atoms with Gasteiger partial charge in [-0.2, -0.15) is 0 Å². The minimum Gasteiger partial charge on any atom is -0.367 e. The van der Waals surface area contributed by atoms with Crippen molar-refractivity contribution in [1.82, 2.24) is 9.97 Å². The van der Waals surface area contributed by atoms with E-state index in [-0.39, 0.29) is 0 Å². The van der Waals surface area contributed by atoms with E-state index < -0.39 is 11.4 Å². The van der Waals surface area contributed by atoms with Crippen molar-refractivity contribution in [3.63, 3.8) is 0 Å². The number of nitrogens with zero attached hydrogens (tertiary/aromatic N) is 2. The molecule has 1 heterocycles. The predicted octanol–water partition coefficient (Wildman–Crippen LogP) is 1.91. The molecule has 0 bridgehead atoms. The monoisotopic (exact) mass is 270 g/mol. The second-order valence-corrected chi connectivity index (χ2v) is 4.92. The average Bonchev–Trinajstić information content (AvgIpc) is 2.41. The molecule has 104 valence electrons. The number of aromatic nitrogens is 2. The Labute approximate surface area is 118 Å². The first kappa shape index (κ1) is 14.0. The zero-order valence-corrected chi connectivity index (χ0v) is 11.8. The zero-order chi connectivity index (χ0) is 14.8. The molecule has 1 unspecified atom stereocenters. The van der Waals surface area contributed by atoms with Gasteiger partial charge in [-0.25, -0.2) is 0 Å². The Morgan fingerprint density at radius 2 is 1.85 bits per heavy atom. The highest BCUT2D eigenvalue weighted by Gasteiger charge is 2.36. The van der Waals surface area contributed by atoms with Crippen LogP contribution in [0.5, 0.6) is 0 Å². The van der Waals surface area contributed by atoms with Gasteiger partial charge in [0.05, 0.1) is 11.4 Å². The van der Waals surface area contributed by atoms with E-state index in [0.717, 1.165) is 11.3 Å². The molecule has 0 spiro atoms. The maximum Gasteiger partial charge on any atom is 0.249 e. The van der Waals surface area contributed by atoms with Crippen molar-refractivity contribution in [1.29, 1.82) is 0 Å². The van der Waals surface area contributed by atoms with E-state index in [0.29, 0.717) is 11.4 Å². The number of benzene rings is 1. The number of primary amides is 1. The van der Waals surface area contributed by atoms with E-state index >= 15 is 0 Å². The lowest BCUT2D eigenvalue weighted by atomic mass is 9.94. The van der Waals surface area contributed by atoms with Crippen molar-refractivity contribution in [2.75, 3.05) is 5.32 Å². The molecule has 2 aromatic rings. The lowest BCUT2D eigenvalue weighted by Crippen LogP contribution is -2.46. The Balaban J connectivity index is 2.49. The van der Waals surface area contributed by atoms with Crippen LogP contribution < -0.4 is 11.1 Å². The fraction of sp³-hybridized carbons (Fsp3) is 0.267. The Morgan fingerprint density at radius 1 is 1.20 bits per heavy atom. The highest BCUT2D eigenvalue weighted by molar-refractivity contribution is 5.88. The zero-order valence-electron chi connectivity index (χ0n) is 11.8. The topological polar surface area (TPSA) is 80.9 Å². The summed E-state index contributed by atoms with van der Waals surface area (Å²) in [4.78, 5) is 20.4. The molecular weight excluding hydrogens is 252 g/mol. The number of hydrogen-bond acceptors (Lipinski definition) is 4. The van der Waals surface area contributed by atoms with E-state index in [2.05, 4.69) is 15.3 Å². The smallest absolute Gasteiger partial charge is 0.249 e. The van der Waals surface area contributed by atoms with Gasteiger partial charge in [0, 0.05) is 18.1 Å². The van der Waals surface area contributed by atoms with Gasteiger partial charge in [0.15, 0.2) is 5.54 Å². The summed E-state index contributed by atoms with van der Waals surface area (Å²) in [5, 5.41) is 3.20. The highest BCUT2D eigenvalue weighted by Crippen LogP contribution is 2.27. The Morgan fingerprint density at radius 3 is 2.45 bits per heavy atom. The maximum atomic E-state index is 12.0. The summed E-state index contributed by atoms with van der Waals surface area (Å²) in [7, 11) is 0. The van der Waals surface area contributed by atoms with Crippen LogP contribution in [0.1, 0.15) is 23.9 Å². The summed E-state index contributed by atoms with van der Waals surface area (Å²) in [5.41, 5.74) is 7.58. The van der Waals surface area contributed by atoms with Gasteiger partial charge in [0.2, 0.25) is 5.91 Å². The van der Waals surface area contributed by atoms with E-state index in [1.807, 2.05) is 38.1 Å². The third kappa shape index (κ3) is 2.47. The summed E-state index contributed by atoms with van der Waals surface area (Å²) in [6.07, 6.45) is 3.15. The van der Waals surface area contributed by atoms with Crippen LogP contribution >= 0.6 is 0 Å². The summed E-state index contributed by atoms with van der Waals surface area (Å²) in [6.45, 7) is 5.50. The average molecular weight is 270 g/mol. The number of amides is 1. The van der Waals surface area contributed by atoms with Crippen LogP contribution in [0.4, 0.5) is 5.69 Å². The summed E-state index contributed by atoms with van der Waals surface area (Å²) < 4.78 is 0. The number of anilines is 1. The van der Waals surface area contributed by atoms with Crippen molar-refractivity contribution >= 4 is 11.6 Å². The van der Waals surface area contributed by atoms with Crippen molar-refractivity contribution in [3.05, 3.63) is 53.6 Å². The molecule has 1 atom stereocenters. The summed E-state index contributed by atoms with van der Waals surface area (Å²) in [5.74, 6) is -0.496. The van der Waals surface area contributed by atoms with E-state index in [1.165, 1.54) is 0 Å². The van der Waals surface area contributed by atoms with Crippen LogP contribution in [-0.4, -0.2) is 15.9 Å². The second-order valence-electron chi connectivity index (χ2n) is 4.92. The number of carbonyl (C=O) groups excluding carboxylic acids is 1. The number of para-hydroxylation sites is 1. The standard InChI is InChI=1S/C15H18N4O/c1-10-6-4-5-7-12(10)19-15(3,14(16)20)13-11(2)17-8-9-18-13/h4-9,19H,1-3H3,(H2,16,20). The number of aryl methyl sites for hydroxylation is 2. The third-order valence-electron chi connectivity index (χ3n) is 3.38. The quantitative estimate of drug-likeness (QED) is 0.889. The minimum atomic E-state index is -1.11. The first-order valence-electron chi connectivity index (χ1n) is 6.37. The van der Waals surface area contributed by atoms with Gasteiger partial charge in [-0.3, -0.25) is 14.8 Å². The van der Waals surface area contributed by atoms with Crippen molar-refractivity contribution in [2.24, 2.45) is 5.73 Å². The van der Waals surface area contributed by atoms with Crippen LogP contribution in [0.25, 0.3) is 0 Å². The molecule has 0 saturated heterocycles. The Kier molecular flexibility index (Phi) is 3.70. The molecule has 5 heteroatoms. The van der Waals surface area contributed by atoms with E-state index in [9.17, 15) is 4.79 Å². The number of rotatable bonds is 4. The van der Waals surface area contributed by atoms with Crippen molar-refractivity contribution < 1.29 is 4.79 Å². The molecule has 3 N–H and O–H groups in total. The number of carbonyl (C=O) groups is 1. The molecule has 1 aromatic heterocycles. The minimum absolute atomic E-state index is 0.496. The molecule has 0 aliphatic heterocycles. The second kappa shape index (κ2) is 5.28. The molecular formula is C15H18N4O. The fourth-order valence-electron chi connectivity index (χ4n) is 2.12. The summed E-state index contributed by atoms with van der Waals surface area (Å²) in [6, 6.07) is 7.71. The number of hydrogen-bond donors (Lipinski definition) is 2. The molecule has 0 saturated carbocycles. The van der Waals surface area contributed by atoms with Gasteiger partial charge >= 0.3 is 0 Å². The number of nitrogens with one attached hydrogen (secondary N) is 1. The molecule has 0 aliphatic rings. The van der Waals surface area contributed by atoms with Gasteiger partial charge < -0.3 is 11.1 Å². The highest BCUT2D eigenvalue weighted by atomic mass is 16.1. The van der Waals surface area contributed by atoms with Crippen LogP contribution in [-0.2, 0) is 10.3 Å². The van der Waals surface area contributed by atoms with Crippen LogP contribution in [0, 0.1) is 13.8 Å². The SMILES string of the molecule is Cc1ccccc1NC(C)(C(N)=O)c1nccnc1C. The van der Waals surface area contributed by atoms with Gasteiger partial charge in [-0.1, -0.05) is 18.2 Å². The lowest BCUT2D eigenvalue weighted by molar-refractivity contribution is -0.122. The largest absolute Gasteiger partial charge is 0.367 e.